The summed E-state index contributed by atoms with van der Waals surface area (Å²) in [6, 6.07) is 3.08. The predicted molar refractivity (Wildman–Crippen MR) is 113 cm³/mol. The van der Waals surface area contributed by atoms with Gasteiger partial charge in [0, 0.05) is 35.3 Å². The molecule has 4 N–H and O–H groups in total. The first kappa shape index (κ1) is 19.6. The predicted octanol–water partition coefficient (Wildman–Crippen LogP) is 1.92. The van der Waals surface area contributed by atoms with Gasteiger partial charge in [0.15, 0.2) is 0 Å². The highest BCUT2D eigenvalue weighted by Crippen LogP contribution is 2.55. The number of aliphatic hydroxyl groups is 2. The maximum atomic E-state index is 14.9. The number of fused-ring (bicyclic) bond motifs is 2. The number of rotatable bonds is 2. The van der Waals surface area contributed by atoms with Gasteiger partial charge in [-0.1, -0.05) is 0 Å². The zero-order valence-corrected chi connectivity index (χ0v) is 17.4. The van der Waals surface area contributed by atoms with E-state index in [9.17, 15) is 14.6 Å². The Morgan fingerprint density at radius 1 is 1.25 bits per heavy atom. The Kier molecular flexibility index (Phi) is 4.11. The quantitative estimate of drug-likeness (QED) is 0.437. The minimum Gasteiger partial charge on any atom is -0.390 e. The van der Waals surface area contributed by atoms with Crippen LogP contribution >= 0.6 is 0 Å². The Morgan fingerprint density at radius 3 is 2.94 bits per heavy atom. The van der Waals surface area contributed by atoms with Gasteiger partial charge < -0.3 is 29.7 Å². The van der Waals surface area contributed by atoms with Crippen molar-refractivity contribution in [2.75, 3.05) is 12.3 Å². The first-order chi connectivity index (χ1) is 15.4. The maximum absolute atomic E-state index is 14.9. The van der Waals surface area contributed by atoms with Crippen molar-refractivity contribution in [1.29, 1.82) is 0 Å². The van der Waals surface area contributed by atoms with Crippen LogP contribution in [0, 0.1) is 18.2 Å². The van der Waals surface area contributed by atoms with Gasteiger partial charge in [0.1, 0.15) is 35.4 Å². The Balaban J connectivity index is 1.33. The minimum absolute atomic E-state index is 0.223. The zero-order valence-electron chi connectivity index (χ0n) is 17.4. The third kappa shape index (κ3) is 2.63. The normalized spacial score (nSPS) is 30.2. The van der Waals surface area contributed by atoms with Crippen LogP contribution in [0.1, 0.15) is 36.2 Å². The van der Waals surface area contributed by atoms with Crippen LogP contribution in [0.4, 0.5) is 10.2 Å². The smallest absolute Gasteiger partial charge is 0.145 e. The van der Waals surface area contributed by atoms with Crippen LogP contribution in [0.5, 0.6) is 0 Å². The van der Waals surface area contributed by atoms with Crippen molar-refractivity contribution in [3.05, 3.63) is 54.1 Å². The molecular weight excluding hydrogens is 415 g/mol. The molecule has 1 saturated heterocycles. The number of hydrogen-bond donors (Lipinski definition) is 3. The van der Waals surface area contributed by atoms with Crippen LogP contribution in [0.2, 0.25) is 0 Å². The van der Waals surface area contributed by atoms with Gasteiger partial charge in [0.25, 0.3) is 0 Å². The molecule has 6 rings (SSSR count). The van der Waals surface area contributed by atoms with Crippen molar-refractivity contribution in [2.45, 2.75) is 44.1 Å². The van der Waals surface area contributed by atoms with Gasteiger partial charge in [-0.25, -0.2) is 19.3 Å². The average Bonchev–Trinajstić information content (AvgIpc) is 3.53. The van der Waals surface area contributed by atoms with E-state index in [1.807, 2.05) is 11.5 Å². The molecule has 0 bridgehead atoms. The topological polar surface area (TPSA) is 124 Å². The summed E-state index contributed by atoms with van der Waals surface area (Å²) < 4.78 is 24.5. The van der Waals surface area contributed by atoms with E-state index < -0.39 is 29.8 Å². The fourth-order valence-corrected chi connectivity index (χ4v) is 5.44. The number of anilines is 1. The number of pyridine rings is 1. The molecule has 32 heavy (non-hydrogen) atoms. The van der Waals surface area contributed by atoms with Crippen LogP contribution in [0.3, 0.4) is 0 Å². The number of aromatic nitrogens is 5. The van der Waals surface area contributed by atoms with Crippen molar-refractivity contribution < 1.29 is 19.3 Å². The zero-order chi connectivity index (χ0) is 22.2. The Bertz CT molecular complexity index is 1350. The largest absolute Gasteiger partial charge is 0.390 e. The SMILES string of the molecule is Cc1cnc2cc(C3CC4(CO3)CC(n3ccc5c(N)ncnc53)C(O)C4O)c(F)cn12. The number of nitrogens with zero attached hydrogens (tertiary/aromatic N) is 5. The number of hydrogen-bond acceptors (Lipinski definition) is 7. The summed E-state index contributed by atoms with van der Waals surface area (Å²) in [4.78, 5) is 12.6. The van der Waals surface area contributed by atoms with Crippen molar-refractivity contribution in [3.8, 4) is 0 Å². The van der Waals surface area contributed by atoms with Crippen molar-refractivity contribution in [1.82, 2.24) is 23.9 Å². The molecule has 5 heterocycles. The molecule has 0 radical (unpaired) electrons. The standard InChI is InChI=1S/C22H23FN6O3/c1-11-7-25-17-4-13(14(23)8-29(11)17)16-6-22(9-32-16)5-15(18(30)19(22)31)28-3-2-12-20(24)26-10-27-21(12)28/h2-4,7-8,10,15-16,18-19,30-31H,5-6,9H2,1H3,(H2,24,26,27). The molecule has 1 saturated carbocycles. The molecule has 1 aliphatic heterocycles. The molecule has 1 aliphatic carbocycles. The highest BCUT2D eigenvalue weighted by Gasteiger charge is 2.57. The molecule has 4 aromatic heterocycles. The lowest BCUT2D eigenvalue weighted by molar-refractivity contribution is -0.0309. The average molecular weight is 438 g/mol. The third-order valence-electron chi connectivity index (χ3n) is 7.18. The van der Waals surface area contributed by atoms with Crippen molar-refractivity contribution in [3.63, 3.8) is 0 Å². The van der Waals surface area contributed by atoms with Crippen LogP contribution < -0.4 is 5.73 Å². The number of aliphatic hydroxyl groups excluding tert-OH is 2. The van der Waals surface area contributed by atoms with E-state index in [0.717, 1.165) is 5.69 Å². The van der Waals surface area contributed by atoms with Crippen molar-refractivity contribution >= 4 is 22.5 Å². The van der Waals surface area contributed by atoms with E-state index in [0.29, 0.717) is 40.9 Å². The molecule has 10 heteroatoms. The van der Waals surface area contributed by atoms with Gasteiger partial charge in [-0.05, 0) is 31.9 Å². The molecule has 2 aliphatic rings. The van der Waals surface area contributed by atoms with Gasteiger partial charge >= 0.3 is 0 Å². The van der Waals surface area contributed by atoms with E-state index in [-0.39, 0.29) is 12.4 Å². The summed E-state index contributed by atoms with van der Waals surface area (Å²) in [7, 11) is 0. The van der Waals surface area contributed by atoms with Gasteiger partial charge in [0.05, 0.1) is 30.2 Å². The fraction of sp³-hybridized carbons (Fsp3) is 0.409. The number of aryl methyl sites for hydroxylation is 1. The third-order valence-corrected chi connectivity index (χ3v) is 7.18. The summed E-state index contributed by atoms with van der Waals surface area (Å²) >= 11 is 0. The minimum atomic E-state index is -1.02. The molecule has 9 nitrogen and oxygen atoms in total. The monoisotopic (exact) mass is 438 g/mol. The molecule has 0 aromatic carbocycles. The van der Waals surface area contributed by atoms with Gasteiger partial charge in [-0.3, -0.25) is 0 Å². The number of nitrogens with two attached hydrogens (primary N) is 1. The maximum Gasteiger partial charge on any atom is 0.145 e. The van der Waals surface area contributed by atoms with Gasteiger partial charge in [-0.15, -0.1) is 0 Å². The number of halogens is 1. The second-order valence-corrected chi connectivity index (χ2v) is 9.00. The van der Waals surface area contributed by atoms with Crippen LogP contribution in [-0.2, 0) is 4.74 Å². The second kappa shape index (κ2) is 6.71. The molecular formula is C22H23FN6O3. The van der Waals surface area contributed by atoms with Gasteiger partial charge in [0.2, 0.25) is 0 Å². The summed E-state index contributed by atoms with van der Waals surface area (Å²) in [5.74, 6) is -0.0188. The lowest BCUT2D eigenvalue weighted by Crippen LogP contribution is -2.37. The first-order valence-corrected chi connectivity index (χ1v) is 10.6. The molecule has 2 fully saturated rings. The fourth-order valence-electron chi connectivity index (χ4n) is 5.44. The Labute approximate surface area is 182 Å². The molecule has 5 unspecified atom stereocenters. The van der Waals surface area contributed by atoms with E-state index in [4.69, 9.17) is 10.5 Å². The molecule has 1 spiro atoms. The summed E-state index contributed by atoms with van der Waals surface area (Å²) in [6.07, 6.45) is 4.58. The highest BCUT2D eigenvalue weighted by atomic mass is 19.1. The summed E-state index contributed by atoms with van der Waals surface area (Å²) in [5.41, 5.74) is 7.75. The van der Waals surface area contributed by atoms with Crippen LogP contribution in [0.25, 0.3) is 16.7 Å². The summed E-state index contributed by atoms with van der Waals surface area (Å²) in [5, 5.41) is 22.7. The number of ether oxygens (including phenoxy) is 1. The van der Waals surface area contributed by atoms with E-state index >= 15 is 0 Å². The van der Waals surface area contributed by atoms with E-state index in [2.05, 4.69) is 15.0 Å². The van der Waals surface area contributed by atoms with Crippen molar-refractivity contribution in [2.24, 2.45) is 5.41 Å². The number of imidazole rings is 1. The molecule has 4 aromatic rings. The first-order valence-electron chi connectivity index (χ1n) is 10.6. The molecule has 5 atom stereocenters. The number of nitrogen functional groups attached to an aromatic ring is 1. The van der Waals surface area contributed by atoms with E-state index in [1.165, 1.54) is 12.5 Å². The molecule has 166 valence electrons. The second-order valence-electron chi connectivity index (χ2n) is 9.00. The molecule has 0 amide bonds. The van der Waals surface area contributed by atoms with Crippen LogP contribution in [0.15, 0.2) is 37.1 Å². The van der Waals surface area contributed by atoms with Gasteiger partial charge in [-0.2, -0.15) is 0 Å². The lowest BCUT2D eigenvalue weighted by Gasteiger charge is -2.26. The Hall–Kier alpha value is -3.08. The Morgan fingerprint density at radius 2 is 2.09 bits per heavy atom. The van der Waals surface area contributed by atoms with E-state index in [1.54, 1.807) is 28.9 Å². The summed E-state index contributed by atoms with van der Waals surface area (Å²) in [6.45, 7) is 2.08. The van der Waals surface area contributed by atoms with Crippen LogP contribution in [-0.4, -0.2) is 52.9 Å². The highest BCUT2D eigenvalue weighted by molar-refractivity contribution is 5.86. The lowest BCUT2D eigenvalue weighted by atomic mass is 9.80.